The summed E-state index contributed by atoms with van der Waals surface area (Å²) in [5, 5.41) is 4.61. The maximum atomic E-state index is 6.42. The monoisotopic (exact) mass is 523 g/mol. The second-order valence-electron chi connectivity index (χ2n) is 9.41. The van der Waals surface area contributed by atoms with E-state index in [-0.39, 0.29) is 0 Å². The van der Waals surface area contributed by atoms with Gasteiger partial charge in [0.1, 0.15) is 11.2 Å². The lowest BCUT2D eigenvalue weighted by molar-refractivity contribution is 0.633. The lowest BCUT2D eigenvalue weighted by Crippen LogP contribution is -2.00. The number of benzene rings is 5. The number of furan rings is 2. The van der Waals surface area contributed by atoms with E-state index in [0.717, 1.165) is 49.4 Å². The van der Waals surface area contributed by atoms with Crippen molar-refractivity contribution in [2.24, 2.45) is 0 Å². The van der Waals surface area contributed by atoms with Crippen molar-refractivity contribution in [1.29, 1.82) is 0 Å². The Morgan fingerprint density at radius 2 is 0.897 bits per heavy atom. The number of hydrogen-bond acceptors (Lipinski definition) is 5. The highest BCUT2D eigenvalue weighted by Gasteiger charge is 2.18. The van der Waals surface area contributed by atoms with Gasteiger partial charge >= 0.3 is 0 Å². The van der Waals surface area contributed by atoms with Gasteiger partial charge in [-0.15, -0.1) is 0 Å². The minimum Gasteiger partial charge on any atom is -0.452 e. The van der Waals surface area contributed by atoms with Crippen molar-refractivity contribution in [3.63, 3.8) is 0 Å². The second kappa shape index (κ2) is 8.51. The SMILES string of the molecule is Clc1ccc2c(c1)oc1c2ccc2c3ccc(-c4nc(-c5ccccc5)nc(-c5ccccc5)n4)cc3oc21. The molecule has 0 atom stereocenters. The van der Waals surface area contributed by atoms with Crippen LogP contribution in [0.1, 0.15) is 0 Å². The normalized spacial score (nSPS) is 11.7. The quantitative estimate of drug-likeness (QED) is 0.231. The van der Waals surface area contributed by atoms with Gasteiger partial charge in [-0.25, -0.2) is 15.0 Å². The average Bonchev–Trinajstić information content (AvgIpc) is 3.55. The van der Waals surface area contributed by atoms with Crippen molar-refractivity contribution < 1.29 is 8.83 Å². The fourth-order valence-electron chi connectivity index (χ4n) is 5.12. The van der Waals surface area contributed by atoms with Crippen LogP contribution in [0.3, 0.4) is 0 Å². The predicted octanol–water partition coefficient (Wildman–Crippen LogP) is 9.32. The molecule has 0 saturated carbocycles. The molecule has 0 fully saturated rings. The summed E-state index contributed by atoms with van der Waals surface area (Å²) < 4.78 is 12.6. The summed E-state index contributed by atoms with van der Waals surface area (Å²) >= 11 is 6.21. The molecule has 8 aromatic rings. The molecular weight excluding hydrogens is 506 g/mol. The molecule has 184 valence electrons. The maximum absolute atomic E-state index is 6.42. The Morgan fingerprint density at radius 1 is 0.436 bits per heavy atom. The van der Waals surface area contributed by atoms with Gasteiger partial charge in [0.2, 0.25) is 0 Å². The highest BCUT2D eigenvalue weighted by atomic mass is 35.5. The van der Waals surface area contributed by atoms with Crippen LogP contribution in [0.4, 0.5) is 0 Å². The summed E-state index contributed by atoms with van der Waals surface area (Å²) in [5.74, 6) is 1.81. The van der Waals surface area contributed by atoms with Crippen LogP contribution in [-0.2, 0) is 0 Å². The zero-order valence-corrected chi connectivity index (χ0v) is 21.2. The first-order valence-electron chi connectivity index (χ1n) is 12.6. The van der Waals surface area contributed by atoms with Crippen molar-refractivity contribution in [2.75, 3.05) is 0 Å². The Bertz CT molecular complexity index is 2130. The number of nitrogens with zero attached hydrogens (tertiary/aromatic N) is 3. The van der Waals surface area contributed by atoms with Crippen molar-refractivity contribution in [1.82, 2.24) is 15.0 Å². The van der Waals surface area contributed by atoms with E-state index in [9.17, 15) is 0 Å². The summed E-state index contributed by atoms with van der Waals surface area (Å²) in [6.45, 7) is 0. The Kier molecular flexibility index (Phi) is 4.81. The molecule has 8 rings (SSSR count). The molecule has 0 amide bonds. The van der Waals surface area contributed by atoms with Crippen molar-refractivity contribution in [3.05, 3.63) is 114 Å². The predicted molar refractivity (Wildman–Crippen MR) is 156 cm³/mol. The highest BCUT2D eigenvalue weighted by molar-refractivity contribution is 6.31. The molecule has 0 radical (unpaired) electrons. The van der Waals surface area contributed by atoms with Crippen LogP contribution < -0.4 is 0 Å². The van der Waals surface area contributed by atoms with Gasteiger partial charge in [-0.2, -0.15) is 0 Å². The first-order chi connectivity index (χ1) is 19.2. The van der Waals surface area contributed by atoms with E-state index in [1.54, 1.807) is 0 Å². The Hall–Kier alpha value is -5.00. The highest BCUT2D eigenvalue weighted by Crippen LogP contribution is 2.40. The average molecular weight is 524 g/mol. The van der Waals surface area contributed by atoms with Gasteiger partial charge in [0.15, 0.2) is 28.6 Å². The Morgan fingerprint density at radius 3 is 1.46 bits per heavy atom. The van der Waals surface area contributed by atoms with Gasteiger partial charge < -0.3 is 8.83 Å². The number of fused-ring (bicyclic) bond motifs is 7. The van der Waals surface area contributed by atoms with E-state index in [2.05, 4.69) is 18.2 Å². The molecule has 0 unspecified atom stereocenters. The number of aromatic nitrogens is 3. The molecule has 0 aliphatic rings. The molecule has 0 bridgehead atoms. The molecule has 3 heterocycles. The minimum atomic E-state index is 0.577. The Labute approximate surface area is 227 Å². The standard InChI is InChI=1S/C33H18ClN3O2/c34-22-12-14-24-26-16-15-25-23-13-11-21(17-27(23)38-29(25)30(26)39-28(24)18-22)33-36-31(19-7-3-1-4-8-19)35-32(37-33)20-9-5-2-6-10-20/h1-18H. The smallest absolute Gasteiger partial charge is 0.178 e. The van der Waals surface area contributed by atoms with Gasteiger partial charge in [0.25, 0.3) is 0 Å². The van der Waals surface area contributed by atoms with Crippen molar-refractivity contribution in [2.45, 2.75) is 0 Å². The maximum Gasteiger partial charge on any atom is 0.178 e. The molecule has 0 N–H and O–H groups in total. The zero-order valence-electron chi connectivity index (χ0n) is 20.4. The van der Waals surface area contributed by atoms with Gasteiger partial charge in [0, 0.05) is 49.3 Å². The molecule has 0 aliphatic heterocycles. The van der Waals surface area contributed by atoms with Crippen LogP contribution in [0.2, 0.25) is 5.02 Å². The van der Waals surface area contributed by atoms with Gasteiger partial charge in [-0.1, -0.05) is 78.3 Å². The summed E-state index contributed by atoms with van der Waals surface area (Å²) in [6, 6.07) is 35.8. The van der Waals surface area contributed by atoms with Crippen LogP contribution in [0.5, 0.6) is 0 Å². The molecule has 0 spiro atoms. The van der Waals surface area contributed by atoms with E-state index >= 15 is 0 Å². The first-order valence-corrected chi connectivity index (χ1v) is 12.9. The third-order valence-electron chi connectivity index (χ3n) is 7.00. The largest absolute Gasteiger partial charge is 0.452 e. The molecule has 0 aliphatic carbocycles. The fourth-order valence-corrected chi connectivity index (χ4v) is 5.28. The van der Waals surface area contributed by atoms with Crippen LogP contribution >= 0.6 is 11.6 Å². The molecule has 5 nitrogen and oxygen atoms in total. The lowest BCUT2D eigenvalue weighted by Gasteiger charge is -2.08. The fraction of sp³-hybridized carbons (Fsp3) is 0. The second-order valence-corrected chi connectivity index (χ2v) is 9.85. The molecule has 0 saturated heterocycles. The minimum absolute atomic E-state index is 0.577. The van der Waals surface area contributed by atoms with Gasteiger partial charge in [-0.05, 0) is 36.4 Å². The molecule has 6 heteroatoms. The number of rotatable bonds is 3. The van der Waals surface area contributed by atoms with Gasteiger partial charge in [-0.3, -0.25) is 0 Å². The van der Waals surface area contributed by atoms with E-state index in [0.29, 0.717) is 33.7 Å². The number of halogens is 1. The molecule has 5 aromatic carbocycles. The molecular formula is C33H18ClN3O2. The van der Waals surface area contributed by atoms with E-state index < -0.39 is 0 Å². The van der Waals surface area contributed by atoms with Crippen LogP contribution in [0.25, 0.3) is 78.0 Å². The van der Waals surface area contributed by atoms with Crippen LogP contribution in [0.15, 0.2) is 118 Å². The zero-order chi connectivity index (χ0) is 25.9. The van der Waals surface area contributed by atoms with Gasteiger partial charge in [0.05, 0.1) is 0 Å². The van der Waals surface area contributed by atoms with Crippen molar-refractivity contribution >= 4 is 55.5 Å². The summed E-state index contributed by atoms with van der Waals surface area (Å²) in [5.41, 5.74) is 5.57. The van der Waals surface area contributed by atoms with Crippen molar-refractivity contribution in [3.8, 4) is 34.2 Å². The lowest BCUT2D eigenvalue weighted by atomic mass is 10.1. The van der Waals surface area contributed by atoms with E-state index in [1.165, 1.54) is 0 Å². The summed E-state index contributed by atoms with van der Waals surface area (Å²) in [7, 11) is 0. The third-order valence-corrected chi connectivity index (χ3v) is 7.23. The molecule has 3 aromatic heterocycles. The third kappa shape index (κ3) is 3.59. The van der Waals surface area contributed by atoms with Crippen LogP contribution in [0, 0.1) is 0 Å². The summed E-state index contributed by atoms with van der Waals surface area (Å²) in [4.78, 5) is 14.5. The van der Waals surface area contributed by atoms with E-state index in [1.807, 2.05) is 91.0 Å². The topological polar surface area (TPSA) is 65.0 Å². The number of hydrogen-bond donors (Lipinski definition) is 0. The first kappa shape index (κ1) is 22.0. The van der Waals surface area contributed by atoms with E-state index in [4.69, 9.17) is 35.4 Å². The summed E-state index contributed by atoms with van der Waals surface area (Å²) in [6.07, 6.45) is 0. The Balaban J connectivity index is 1.33. The molecule has 39 heavy (non-hydrogen) atoms. The van der Waals surface area contributed by atoms with Crippen LogP contribution in [-0.4, -0.2) is 15.0 Å².